The standard InChI is InChI=1S/C24H19BrN2O5S2/c1-15-3-10-19(11-4-15)34(29,30)32-21-12-5-16(13-20(21)25)14-22-23(28)27-24(33-22)26-17-6-8-18(31-2)9-7-17/h3-14H,1-2H3,(H,26,27,28)/b22-14-. The molecule has 3 aromatic rings. The van der Waals surface area contributed by atoms with E-state index >= 15 is 0 Å². The number of aliphatic imine (C=N–C) groups is 1. The predicted molar refractivity (Wildman–Crippen MR) is 137 cm³/mol. The van der Waals surface area contributed by atoms with Crippen LogP contribution in [0.1, 0.15) is 11.1 Å². The van der Waals surface area contributed by atoms with E-state index < -0.39 is 10.1 Å². The number of methoxy groups -OCH3 is 1. The fourth-order valence-corrected chi connectivity index (χ4v) is 5.33. The number of carbonyl (C=O) groups excluding carboxylic acids is 1. The molecule has 1 saturated heterocycles. The SMILES string of the molecule is COc1ccc(N=C2NC(=O)/C(=C/c3ccc(OS(=O)(=O)c4ccc(C)cc4)c(Br)c3)S2)cc1. The molecule has 0 unspecified atom stereocenters. The molecule has 1 N–H and O–H groups in total. The fraction of sp³-hybridized carbons (Fsp3) is 0.0833. The van der Waals surface area contributed by atoms with Crippen molar-refractivity contribution in [2.45, 2.75) is 11.8 Å². The highest BCUT2D eigenvalue weighted by molar-refractivity contribution is 9.10. The van der Waals surface area contributed by atoms with Crippen LogP contribution < -0.4 is 14.2 Å². The summed E-state index contributed by atoms with van der Waals surface area (Å²) in [6, 6.07) is 18.5. The Morgan fingerprint density at radius 3 is 2.38 bits per heavy atom. The Labute approximate surface area is 210 Å². The van der Waals surface area contributed by atoms with Gasteiger partial charge >= 0.3 is 10.1 Å². The molecule has 174 valence electrons. The molecule has 0 radical (unpaired) electrons. The van der Waals surface area contributed by atoms with Gasteiger partial charge in [0.05, 0.1) is 22.2 Å². The van der Waals surface area contributed by atoms with Gasteiger partial charge < -0.3 is 14.2 Å². The number of nitrogens with one attached hydrogen (secondary N) is 1. The molecule has 0 aliphatic carbocycles. The Morgan fingerprint density at radius 1 is 1.03 bits per heavy atom. The van der Waals surface area contributed by atoms with E-state index in [1.807, 2.05) is 6.92 Å². The van der Waals surface area contributed by atoms with Crippen molar-refractivity contribution < 1.29 is 22.1 Å². The zero-order valence-electron chi connectivity index (χ0n) is 18.1. The summed E-state index contributed by atoms with van der Waals surface area (Å²) >= 11 is 4.57. The van der Waals surface area contributed by atoms with Crippen molar-refractivity contribution in [2.75, 3.05) is 7.11 Å². The number of benzene rings is 3. The summed E-state index contributed by atoms with van der Waals surface area (Å²) in [6.45, 7) is 1.87. The van der Waals surface area contributed by atoms with Gasteiger partial charge in [-0.05, 0) is 94.8 Å². The number of amides is 1. The van der Waals surface area contributed by atoms with Gasteiger partial charge in [-0.2, -0.15) is 8.42 Å². The van der Waals surface area contributed by atoms with Gasteiger partial charge in [0.15, 0.2) is 10.9 Å². The van der Waals surface area contributed by atoms with Gasteiger partial charge in [0.25, 0.3) is 5.91 Å². The Hall–Kier alpha value is -3.08. The first-order valence-corrected chi connectivity index (χ1v) is 13.0. The van der Waals surface area contributed by atoms with Gasteiger partial charge in [-0.1, -0.05) is 23.8 Å². The van der Waals surface area contributed by atoms with Crippen LogP contribution in [0.2, 0.25) is 0 Å². The van der Waals surface area contributed by atoms with Crippen LogP contribution in [-0.2, 0) is 14.9 Å². The van der Waals surface area contributed by atoms with Crippen molar-refractivity contribution in [1.29, 1.82) is 0 Å². The summed E-state index contributed by atoms with van der Waals surface area (Å²) in [5.74, 6) is 0.598. The second-order valence-electron chi connectivity index (χ2n) is 7.22. The topological polar surface area (TPSA) is 94.1 Å². The second-order valence-corrected chi connectivity index (χ2v) is 10.7. The maximum absolute atomic E-state index is 12.6. The quantitative estimate of drug-likeness (QED) is 0.320. The Balaban J connectivity index is 1.50. The van der Waals surface area contributed by atoms with Crippen LogP contribution in [0.4, 0.5) is 5.69 Å². The Morgan fingerprint density at radius 2 is 1.74 bits per heavy atom. The van der Waals surface area contributed by atoms with E-state index in [2.05, 4.69) is 26.2 Å². The minimum atomic E-state index is -3.98. The van der Waals surface area contributed by atoms with E-state index in [1.165, 1.54) is 30.0 Å². The lowest BCUT2D eigenvalue weighted by Crippen LogP contribution is -2.19. The monoisotopic (exact) mass is 558 g/mol. The normalized spacial score (nSPS) is 16.0. The highest BCUT2D eigenvalue weighted by atomic mass is 79.9. The van der Waals surface area contributed by atoms with Crippen LogP contribution in [0.15, 0.2) is 86.0 Å². The third-order valence-corrected chi connectivity index (χ3v) is 7.49. The smallest absolute Gasteiger partial charge is 0.339 e. The number of rotatable bonds is 6. The summed E-state index contributed by atoms with van der Waals surface area (Å²) in [7, 11) is -2.39. The molecule has 1 heterocycles. The lowest BCUT2D eigenvalue weighted by atomic mass is 10.2. The summed E-state index contributed by atoms with van der Waals surface area (Å²) in [4.78, 5) is 17.3. The molecule has 1 aliphatic rings. The number of nitrogens with zero attached hydrogens (tertiary/aromatic N) is 1. The lowest BCUT2D eigenvalue weighted by molar-refractivity contribution is -0.115. The molecule has 1 fully saturated rings. The Bertz CT molecular complexity index is 1400. The number of hydrogen-bond acceptors (Lipinski definition) is 7. The van der Waals surface area contributed by atoms with Gasteiger partial charge in [0, 0.05) is 0 Å². The third-order valence-electron chi connectivity index (χ3n) is 4.72. The van der Waals surface area contributed by atoms with Crippen molar-refractivity contribution in [3.8, 4) is 11.5 Å². The first-order chi connectivity index (χ1) is 16.2. The van der Waals surface area contributed by atoms with Crippen molar-refractivity contribution in [3.05, 3.63) is 87.2 Å². The molecule has 0 atom stereocenters. The largest absolute Gasteiger partial charge is 0.497 e. The summed E-state index contributed by atoms with van der Waals surface area (Å²) in [5.41, 5.74) is 2.32. The van der Waals surface area contributed by atoms with Crippen LogP contribution in [-0.4, -0.2) is 26.6 Å². The summed E-state index contributed by atoms with van der Waals surface area (Å²) < 4.78 is 36.0. The molecule has 1 aliphatic heterocycles. The highest BCUT2D eigenvalue weighted by Crippen LogP contribution is 2.32. The van der Waals surface area contributed by atoms with Crippen molar-refractivity contribution in [3.63, 3.8) is 0 Å². The molecule has 10 heteroatoms. The third kappa shape index (κ3) is 5.69. The molecule has 4 rings (SSSR count). The Kier molecular flexibility index (Phi) is 7.11. The van der Waals surface area contributed by atoms with Crippen molar-refractivity contribution >= 4 is 60.6 Å². The first kappa shape index (κ1) is 24.1. The minimum absolute atomic E-state index is 0.0684. The average molecular weight is 559 g/mol. The zero-order chi connectivity index (χ0) is 24.3. The molecule has 1 amide bonds. The first-order valence-electron chi connectivity index (χ1n) is 9.98. The van der Waals surface area contributed by atoms with Gasteiger partial charge in [-0.15, -0.1) is 0 Å². The van der Waals surface area contributed by atoms with E-state index in [4.69, 9.17) is 8.92 Å². The van der Waals surface area contributed by atoms with Crippen LogP contribution in [0.3, 0.4) is 0 Å². The van der Waals surface area contributed by atoms with E-state index in [0.717, 1.165) is 11.3 Å². The number of thioether (sulfide) groups is 1. The molecule has 0 aromatic heterocycles. The molecular formula is C24H19BrN2O5S2. The van der Waals surface area contributed by atoms with Gasteiger partial charge in [-0.25, -0.2) is 4.99 Å². The minimum Gasteiger partial charge on any atom is -0.497 e. The van der Waals surface area contributed by atoms with Gasteiger partial charge in [0.1, 0.15) is 10.6 Å². The molecule has 0 saturated carbocycles. The molecule has 7 nitrogen and oxygen atoms in total. The van der Waals surface area contributed by atoms with Crippen LogP contribution >= 0.6 is 27.7 Å². The van der Waals surface area contributed by atoms with E-state index in [0.29, 0.717) is 25.8 Å². The molecule has 3 aromatic carbocycles. The molecular weight excluding hydrogens is 540 g/mol. The molecule has 0 spiro atoms. The maximum Gasteiger partial charge on any atom is 0.339 e. The average Bonchev–Trinajstić information content (AvgIpc) is 3.14. The number of carbonyl (C=O) groups is 1. The predicted octanol–water partition coefficient (Wildman–Crippen LogP) is 5.43. The lowest BCUT2D eigenvalue weighted by Gasteiger charge is -2.09. The van der Waals surface area contributed by atoms with Crippen LogP contribution in [0.25, 0.3) is 6.08 Å². The van der Waals surface area contributed by atoms with Crippen molar-refractivity contribution in [1.82, 2.24) is 5.32 Å². The van der Waals surface area contributed by atoms with Gasteiger partial charge in [-0.3, -0.25) is 4.79 Å². The van der Waals surface area contributed by atoms with Gasteiger partial charge in [0.2, 0.25) is 0 Å². The number of aryl methyl sites for hydroxylation is 1. The van der Waals surface area contributed by atoms with E-state index in [1.54, 1.807) is 61.7 Å². The van der Waals surface area contributed by atoms with Crippen molar-refractivity contribution in [2.24, 2.45) is 4.99 Å². The van der Waals surface area contributed by atoms with Crippen LogP contribution in [0.5, 0.6) is 11.5 Å². The number of halogens is 1. The summed E-state index contributed by atoms with van der Waals surface area (Å²) in [5, 5.41) is 3.20. The summed E-state index contributed by atoms with van der Waals surface area (Å²) in [6.07, 6.45) is 1.69. The number of hydrogen-bond donors (Lipinski definition) is 1. The highest BCUT2D eigenvalue weighted by Gasteiger charge is 2.24. The van der Waals surface area contributed by atoms with E-state index in [-0.39, 0.29) is 16.6 Å². The van der Waals surface area contributed by atoms with E-state index in [9.17, 15) is 13.2 Å². The maximum atomic E-state index is 12.6. The van der Waals surface area contributed by atoms with Crippen LogP contribution in [0, 0.1) is 6.92 Å². The number of ether oxygens (including phenoxy) is 1. The zero-order valence-corrected chi connectivity index (χ0v) is 21.3. The number of amidine groups is 1. The fourth-order valence-electron chi connectivity index (χ4n) is 2.95. The second kappa shape index (κ2) is 10.0. The molecule has 0 bridgehead atoms. The molecule has 34 heavy (non-hydrogen) atoms.